The Bertz CT molecular complexity index is 101. The van der Waals surface area contributed by atoms with E-state index in [1.54, 1.807) is 0 Å². The van der Waals surface area contributed by atoms with Crippen LogP contribution >= 0.6 is 17.3 Å². The number of nitrogens with one attached hydrogen (secondary N) is 2. The van der Waals surface area contributed by atoms with Crippen molar-refractivity contribution < 1.29 is 0 Å². The van der Waals surface area contributed by atoms with Gasteiger partial charge in [-0.2, -0.15) is 0 Å². The van der Waals surface area contributed by atoms with Gasteiger partial charge >= 0.3 is 0 Å². The van der Waals surface area contributed by atoms with E-state index in [2.05, 4.69) is 31.5 Å². The summed E-state index contributed by atoms with van der Waals surface area (Å²) in [5.74, 6) is 0. The van der Waals surface area contributed by atoms with Crippen LogP contribution in [0.25, 0.3) is 0 Å². The number of hydrazine groups is 1. The molecule has 5 heteroatoms. The van der Waals surface area contributed by atoms with Gasteiger partial charge in [0.2, 0.25) is 0 Å². The lowest BCUT2D eigenvalue weighted by molar-refractivity contribution is 0.232. The molecule has 1 heterocycles. The van der Waals surface area contributed by atoms with Crippen molar-refractivity contribution in [3.05, 3.63) is 0 Å². The van der Waals surface area contributed by atoms with E-state index in [1.165, 1.54) is 25.9 Å². The van der Waals surface area contributed by atoms with Gasteiger partial charge in [0.05, 0.1) is 0 Å². The molecule has 0 aromatic rings. The van der Waals surface area contributed by atoms with Crippen LogP contribution in [0.1, 0.15) is 12.8 Å². The van der Waals surface area contributed by atoms with Crippen LogP contribution < -0.4 is 10.6 Å². The first-order valence-corrected chi connectivity index (χ1v) is 6.78. The summed E-state index contributed by atoms with van der Waals surface area (Å²) >= 11 is 0. The van der Waals surface area contributed by atoms with Crippen LogP contribution in [-0.4, -0.2) is 31.1 Å². The predicted octanol–water partition coefficient (Wildman–Crippen LogP) is 0.558. The van der Waals surface area contributed by atoms with Crippen LogP contribution in [0.2, 0.25) is 0 Å². The molecule has 11 heavy (non-hydrogen) atoms. The highest BCUT2D eigenvalue weighted by Crippen LogP contribution is 2.13. The fourth-order valence-electron chi connectivity index (χ4n) is 1.30. The van der Waals surface area contributed by atoms with Crippen molar-refractivity contribution in [3.63, 3.8) is 0 Å². The van der Waals surface area contributed by atoms with Gasteiger partial charge in [0, 0.05) is 6.04 Å². The Morgan fingerprint density at radius 3 is 2.64 bits per heavy atom. The first-order chi connectivity index (χ1) is 5.33. The molecule has 3 nitrogen and oxygen atoms in total. The molecule has 1 saturated heterocycles. The van der Waals surface area contributed by atoms with Gasteiger partial charge < -0.3 is 4.90 Å². The molecular formula is C6H17N3P2. The van der Waals surface area contributed by atoms with E-state index >= 15 is 0 Å². The van der Waals surface area contributed by atoms with E-state index in [-0.39, 0.29) is 0 Å². The van der Waals surface area contributed by atoms with E-state index in [9.17, 15) is 0 Å². The Labute approximate surface area is 72.6 Å². The van der Waals surface area contributed by atoms with Crippen LogP contribution in [0.15, 0.2) is 0 Å². The quantitative estimate of drug-likeness (QED) is 0.506. The number of hydrogen-bond donors (Lipinski definition) is 2. The molecule has 2 unspecified atom stereocenters. The van der Waals surface area contributed by atoms with Gasteiger partial charge in [0.1, 0.15) is 0 Å². The smallest absolute Gasteiger partial charge is 0.0240 e. The second-order valence-corrected chi connectivity index (χ2v) is 4.40. The molecule has 2 N–H and O–H groups in total. The van der Waals surface area contributed by atoms with Crippen molar-refractivity contribution in [3.8, 4) is 0 Å². The van der Waals surface area contributed by atoms with Crippen LogP contribution in [0.4, 0.5) is 0 Å². The molecule has 0 bridgehead atoms. The number of hydrogen-bond acceptors (Lipinski definition) is 3. The molecule has 0 radical (unpaired) electrons. The molecule has 66 valence electrons. The number of rotatable bonds is 3. The maximum atomic E-state index is 3.31. The highest BCUT2D eigenvalue weighted by Gasteiger charge is 2.14. The standard InChI is InChI=1S/C6H17N3P2/c1-9-4-2-6(3-5-9)7-8-11-10/h6-8,11H,2-5,10H2,1H3. The summed E-state index contributed by atoms with van der Waals surface area (Å²) in [5, 5.41) is 3.16. The Morgan fingerprint density at radius 1 is 1.45 bits per heavy atom. The van der Waals surface area contributed by atoms with Crippen molar-refractivity contribution in [1.29, 1.82) is 0 Å². The SMILES string of the molecule is CN1CCC(NNPP)CC1. The Morgan fingerprint density at radius 2 is 2.09 bits per heavy atom. The van der Waals surface area contributed by atoms with Gasteiger partial charge in [-0.3, -0.25) is 5.43 Å². The molecule has 1 aliphatic rings. The first kappa shape index (κ1) is 9.83. The average molecular weight is 193 g/mol. The van der Waals surface area contributed by atoms with Gasteiger partial charge in [0.25, 0.3) is 0 Å². The summed E-state index contributed by atoms with van der Waals surface area (Å²) < 4.78 is 0. The second kappa shape index (κ2) is 5.40. The van der Waals surface area contributed by atoms with Crippen LogP contribution in [-0.2, 0) is 0 Å². The van der Waals surface area contributed by atoms with Gasteiger partial charge in [-0.15, -0.1) is 0 Å². The lowest BCUT2D eigenvalue weighted by Crippen LogP contribution is -2.43. The predicted molar refractivity (Wildman–Crippen MR) is 54.8 cm³/mol. The number of nitrogens with zero attached hydrogens (tertiary/aromatic N) is 1. The molecular weight excluding hydrogens is 176 g/mol. The Hall–Kier alpha value is 0.740. The van der Waals surface area contributed by atoms with E-state index < -0.39 is 0 Å². The number of likely N-dealkylation sites (tertiary alicyclic amines) is 1. The van der Waals surface area contributed by atoms with Crippen LogP contribution in [0.3, 0.4) is 0 Å². The third kappa shape index (κ3) is 3.78. The monoisotopic (exact) mass is 193 g/mol. The largest absolute Gasteiger partial charge is 0.306 e. The molecule has 0 aromatic carbocycles. The van der Waals surface area contributed by atoms with Gasteiger partial charge in [-0.1, -0.05) is 8.93 Å². The summed E-state index contributed by atoms with van der Waals surface area (Å²) in [5.41, 5.74) is 3.31. The minimum Gasteiger partial charge on any atom is -0.306 e. The van der Waals surface area contributed by atoms with Crippen LogP contribution in [0, 0.1) is 0 Å². The van der Waals surface area contributed by atoms with Crippen molar-refractivity contribution in [2.24, 2.45) is 0 Å². The minimum atomic E-state index is 0.680. The maximum Gasteiger partial charge on any atom is 0.0240 e. The Kier molecular flexibility index (Phi) is 4.82. The second-order valence-electron chi connectivity index (χ2n) is 2.99. The van der Waals surface area contributed by atoms with Gasteiger partial charge in [-0.25, -0.2) is 5.20 Å². The fraction of sp³-hybridized carbons (Fsp3) is 1.00. The molecule has 0 amide bonds. The Balaban J connectivity index is 2.07. The topological polar surface area (TPSA) is 27.3 Å². The van der Waals surface area contributed by atoms with E-state index in [0.717, 1.165) is 8.42 Å². The molecule has 0 saturated carbocycles. The van der Waals surface area contributed by atoms with Crippen molar-refractivity contribution in [2.75, 3.05) is 20.1 Å². The molecule has 0 aliphatic carbocycles. The minimum absolute atomic E-state index is 0.680. The lowest BCUT2D eigenvalue weighted by atomic mass is 10.1. The van der Waals surface area contributed by atoms with Gasteiger partial charge in [-0.05, 0) is 41.4 Å². The average Bonchev–Trinajstić information content (AvgIpc) is 2.04. The zero-order valence-corrected chi connectivity index (χ0v) is 9.09. The first-order valence-electron chi connectivity index (χ1n) is 3.97. The van der Waals surface area contributed by atoms with E-state index in [0.29, 0.717) is 6.04 Å². The third-order valence-corrected chi connectivity index (χ3v) is 2.79. The summed E-state index contributed by atoms with van der Waals surface area (Å²) in [7, 11) is 5.57. The summed E-state index contributed by atoms with van der Waals surface area (Å²) in [6.45, 7) is 2.44. The third-order valence-electron chi connectivity index (χ3n) is 2.07. The van der Waals surface area contributed by atoms with Crippen LogP contribution in [0.5, 0.6) is 0 Å². The summed E-state index contributed by atoms with van der Waals surface area (Å²) in [6, 6.07) is 0.680. The fourth-order valence-corrected chi connectivity index (χ4v) is 1.83. The zero-order chi connectivity index (χ0) is 8.10. The van der Waals surface area contributed by atoms with E-state index in [4.69, 9.17) is 0 Å². The van der Waals surface area contributed by atoms with Gasteiger partial charge in [0.15, 0.2) is 0 Å². The molecule has 0 aromatic heterocycles. The lowest BCUT2D eigenvalue weighted by Gasteiger charge is -2.29. The summed E-state index contributed by atoms with van der Waals surface area (Å²) in [6.07, 6.45) is 2.53. The molecule has 2 atom stereocenters. The molecule has 1 rings (SSSR count). The highest BCUT2D eigenvalue weighted by molar-refractivity contribution is 8.01. The highest BCUT2D eigenvalue weighted by atomic mass is 32.0. The van der Waals surface area contributed by atoms with Crippen molar-refractivity contribution >= 4 is 17.3 Å². The van der Waals surface area contributed by atoms with E-state index in [1.807, 2.05) is 0 Å². The van der Waals surface area contributed by atoms with Crippen molar-refractivity contribution in [2.45, 2.75) is 18.9 Å². The normalized spacial score (nSPS) is 23.5. The molecule has 0 spiro atoms. The molecule has 1 aliphatic heterocycles. The number of piperidine rings is 1. The molecule has 1 fully saturated rings. The van der Waals surface area contributed by atoms with Crippen molar-refractivity contribution in [1.82, 2.24) is 15.5 Å². The maximum absolute atomic E-state index is 3.31. The zero-order valence-electron chi connectivity index (χ0n) is 6.93. The summed E-state index contributed by atoms with van der Waals surface area (Å²) in [4.78, 5) is 2.38.